The van der Waals surface area contributed by atoms with Crippen LogP contribution in [0.4, 0.5) is 0 Å². The monoisotopic (exact) mass is 344 g/mol. The topological polar surface area (TPSA) is 50.4 Å². The summed E-state index contributed by atoms with van der Waals surface area (Å²) in [4.78, 5) is 12.5. The molecule has 2 fully saturated rings. The van der Waals surface area contributed by atoms with Gasteiger partial charge < -0.3 is 15.4 Å². The van der Waals surface area contributed by atoms with Gasteiger partial charge in [0, 0.05) is 24.6 Å². The van der Waals surface area contributed by atoms with Gasteiger partial charge in [-0.2, -0.15) is 0 Å². The van der Waals surface area contributed by atoms with Crippen molar-refractivity contribution in [3.05, 3.63) is 35.4 Å². The Balaban J connectivity index is 1.51. The van der Waals surface area contributed by atoms with E-state index in [1.807, 2.05) is 12.1 Å². The molecule has 1 atom stereocenters. The van der Waals surface area contributed by atoms with E-state index < -0.39 is 0 Å². The third kappa shape index (κ3) is 5.05. The summed E-state index contributed by atoms with van der Waals surface area (Å²) in [5, 5.41) is 6.61. The number of hydrogen-bond acceptors (Lipinski definition) is 3. The number of carbonyl (C=O) groups is 1. The molecule has 1 aliphatic carbocycles. The largest absolute Gasteiger partial charge is 0.384 e. The number of hydrogen-bond donors (Lipinski definition) is 2. The van der Waals surface area contributed by atoms with Gasteiger partial charge in [0.25, 0.3) is 5.91 Å². The molecular weight excluding hydrogens is 312 g/mol. The first-order chi connectivity index (χ1) is 12.2. The molecule has 2 aliphatic rings. The molecule has 4 nitrogen and oxygen atoms in total. The van der Waals surface area contributed by atoms with Gasteiger partial charge in [0.05, 0.1) is 6.61 Å². The number of piperidine rings is 1. The first-order valence-corrected chi connectivity index (χ1v) is 9.78. The zero-order chi connectivity index (χ0) is 17.5. The fraction of sp³-hybridized carbons (Fsp3) is 0.667. The molecule has 1 aromatic carbocycles. The quantitative estimate of drug-likeness (QED) is 0.799. The summed E-state index contributed by atoms with van der Waals surface area (Å²) in [6.45, 7) is 3.72. The predicted molar refractivity (Wildman–Crippen MR) is 101 cm³/mol. The van der Waals surface area contributed by atoms with Crippen LogP contribution >= 0.6 is 0 Å². The van der Waals surface area contributed by atoms with Crippen molar-refractivity contribution in [3.8, 4) is 0 Å². The molecule has 25 heavy (non-hydrogen) atoms. The second kappa shape index (κ2) is 8.81. The van der Waals surface area contributed by atoms with Crippen LogP contribution in [0.3, 0.4) is 0 Å². The fourth-order valence-corrected chi connectivity index (χ4v) is 4.40. The smallest absolute Gasteiger partial charge is 0.251 e. The Kier molecular flexibility index (Phi) is 6.49. The van der Waals surface area contributed by atoms with Gasteiger partial charge in [-0.1, -0.05) is 25.0 Å². The van der Waals surface area contributed by atoms with Crippen molar-refractivity contribution in [2.45, 2.75) is 44.9 Å². The van der Waals surface area contributed by atoms with E-state index in [1.165, 1.54) is 31.2 Å². The van der Waals surface area contributed by atoms with E-state index in [9.17, 15) is 4.79 Å². The summed E-state index contributed by atoms with van der Waals surface area (Å²) < 4.78 is 5.40. The first kappa shape index (κ1) is 18.4. The van der Waals surface area contributed by atoms with E-state index in [0.717, 1.165) is 57.0 Å². The highest BCUT2D eigenvalue weighted by molar-refractivity contribution is 5.94. The molecule has 138 valence electrons. The third-order valence-electron chi connectivity index (χ3n) is 5.88. The molecule has 1 saturated carbocycles. The second-order valence-corrected chi connectivity index (χ2v) is 7.94. The van der Waals surface area contributed by atoms with Gasteiger partial charge in [-0.25, -0.2) is 0 Å². The molecule has 0 aromatic heterocycles. The highest BCUT2D eigenvalue weighted by Gasteiger charge is 2.34. The number of nitrogens with one attached hydrogen (secondary N) is 2. The standard InChI is InChI=1S/C21H32N2O2/c1-25-16-21(10-2-3-11-21)15-23-20(24)19-8-6-17(7-9-19)13-18-5-4-12-22-14-18/h6-9,18,22H,2-5,10-16H2,1H3,(H,23,24)/t18-/m0/s1. The number of carbonyl (C=O) groups excluding carboxylic acids is 1. The van der Waals surface area contributed by atoms with Crippen LogP contribution in [0.2, 0.25) is 0 Å². The lowest BCUT2D eigenvalue weighted by atomic mass is 9.87. The molecule has 4 heteroatoms. The van der Waals surface area contributed by atoms with E-state index in [2.05, 4.69) is 22.8 Å². The Bertz CT molecular complexity index is 544. The lowest BCUT2D eigenvalue weighted by molar-refractivity contribution is 0.0740. The normalized spacial score (nSPS) is 22.7. The minimum atomic E-state index is 0.0354. The number of benzene rings is 1. The predicted octanol–water partition coefficient (Wildman–Crippen LogP) is 3.17. The maximum atomic E-state index is 12.5. The summed E-state index contributed by atoms with van der Waals surface area (Å²) in [5.41, 5.74) is 2.23. The molecule has 1 aromatic rings. The summed E-state index contributed by atoms with van der Waals surface area (Å²) in [5.74, 6) is 0.762. The van der Waals surface area contributed by atoms with Gasteiger partial charge in [0.2, 0.25) is 0 Å². The Labute approximate surface area is 151 Å². The van der Waals surface area contributed by atoms with Crippen molar-refractivity contribution in [2.24, 2.45) is 11.3 Å². The molecule has 2 N–H and O–H groups in total. The van der Waals surface area contributed by atoms with E-state index in [1.54, 1.807) is 7.11 Å². The molecule has 1 heterocycles. The van der Waals surface area contributed by atoms with Gasteiger partial charge >= 0.3 is 0 Å². The summed E-state index contributed by atoms with van der Waals surface area (Å²) in [6, 6.07) is 8.17. The van der Waals surface area contributed by atoms with E-state index >= 15 is 0 Å². The van der Waals surface area contributed by atoms with Gasteiger partial charge in [0.15, 0.2) is 0 Å². The van der Waals surface area contributed by atoms with Crippen LogP contribution in [-0.4, -0.2) is 39.3 Å². The van der Waals surface area contributed by atoms with E-state index in [0.29, 0.717) is 0 Å². The van der Waals surface area contributed by atoms with Crippen LogP contribution in [0, 0.1) is 11.3 Å². The fourth-order valence-electron chi connectivity index (χ4n) is 4.40. The first-order valence-electron chi connectivity index (χ1n) is 9.78. The average Bonchev–Trinajstić information content (AvgIpc) is 3.10. The van der Waals surface area contributed by atoms with E-state index in [-0.39, 0.29) is 11.3 Å². The minimum absolute atomic E-state index is 0.0354. The van der Waals surface area contributed by atoms with Crippen molar-refractivity contribution >= 4 is 5.91 Å². The molecule has 0 radical (unpaired) electrons. The van der Waals surface area contributed by atoms with Crippen LogP contribution in [0.25, 0.3) is 0 Å². The Morgan fingerprint density at radius 2 is 2.00 bits per heavy atom. The van der Waals surface area contributed by atoms with Gasteiger partial charge in [-0.3, -0.25) is 4.79 Å². The summed E-state index contributed by atoms with van der Waals surface area (Å²) in [6.07, 6.45) is 8.45. The van der Waals surface area contributed by atoms with Crippen molar-refractivity contribution in [1.82, 2.24) is 10.6 Å². The van der Waals surface area contributed by atoms with Crippen molar-refractivity contribution in [2.75, 3.05) is 33.4 Å². The van der Waals surface area contributed by atoms with E-state index in [4.69, 9.17) is 4.74 Å². The molecule has 0 spiro atoms. The number of rotatable bonds is 7. The third-order valence-corrected chi connectivity index (χ3v) is 5.88. The number of amides is 1. The molecule has 0 unspecified atom stereocenters. The summed E-state index contributed by atoms with van der Waals surface area (Å²) >= 11 is 0. The zero-order valence-electron chi connectivity index (χ0n) is 15.5. The SMILES string of the molecule is COCC1(CNC(=O)c2ccc(C[C@@H]3CCCNC3)cc2)CCCC1. The Morgan fingerprint density at radius 1 is 1.24 bits per heavy atom. The maximum Gasteiger partial charge on any atom is 0.251 e. The highest BCUT2D eigenvalue weighted by Crippen LogP contribution is 2.37. The molecule has 1 saturated heterocycles. The van der Waals surface area contributed by atoms with Crippen molar-refractivity contribution < 1.29 is 9.53 Å². The average molecular weight is 344 g/mol. The van der Waals surface area contributed by atoms with Gasteiger partial charge in [-0.15, -0.1) is 0 Å². The minimum Gasteiger partial charge on any atom is -0.384 e. The zero-order valence-corrected chi connectivity index (χ0v) is 15.5. The van der Waals surface area contributed by atoms with Gasteiger partial charge in [-0.05, 0) is 68.8 Å². The van der Waals surface area contributed by atoms with Crippen LogP contribution in [0.15, 0.2) is 24.3 Å². The van der Waals surface area contributed by atoms with Crippen molar-refractivity contribution in [3.63, 3.8) is 0 Å². The second-order valence-electron chi connectivity index (χ2n) is 7.94. The van der Waals surface area contributed by atoms with Crippen LogP contribution < -0.4 is 10.6 Å². The molecule has 3 rings (SSSR count). The van der Waals surface area contributed by atoms with Crippen molar-refractivity contribution in [1.29, 1.82) is 0 Å². The van der Waals surface area contributed by atoms with Gasteiger partial charge in [0.1, 0.15) is 0 Å². The lowest BCUT2D eigenvalue weighted by Gasteiger charge is -2.28. The van der Waals surface area contributed by atoms with Crippen LogP contribution in [0.5, 0.6) is 0 Å². The Morgan fingerprint density at radius 3 is 2.64 bits per heavy atom. The molecule has 0 bridgehead atoms. The molecule has 1 amide bonds. The van der Waals surface area contributed by atoms with Crippen LogP contribution in [-0.2, 0) is 11.2 Å². The number of methoxy groups -OCH3 is 1. The highest BCUT2D eigenvalue weighted by atomic mass is 16.5. The summed E-state index contributed by atoms with van der Waals surface area (Å²) in [7, 11) is 1.75. The molecule has 1 aliphatic heterocycles. The number of ether oxygens (including phenoxy) is 1. The maximum absolute atomic E-state index is 12.5. The lowest BCUT2D eigenvalue weighted by Crippen LogP contribution is -2.38. The van der Waals surface area contributed by atoms with Crippen LogP contribution in [0.1, 0.15) is 54.4 Å². The Hall–Kier alpha value is -1.39. The molecular formula is C21H32N2O2.